The Morgan fingerprint density at radius 2 is 2.09 bits per heavy atom. The molecule has 1 fully saturated rings. The van der Waals surface area contributed by atoms with Crippen molar-refractivity contribution in [1.29, 1.82) is 0 Å². The number of carboxylic acids is 1. The number of carbonyl (C=O) groups is 2. The first-order valence-electron chi connectivity index (χ1n) is 7.82. The number of hydrogen-bond donors (Lipinski definition) is 2. The van der Waals surface area contributed by atoms with Crippen molar-refractivity contribution >= 4 is 23.6 Å². The first kappa shape index (κ1) is 16.9. The van der Waals surface area contributed by atoms with E-state index in [4.69, 9.17) is 5.11 Å². The summed E-state index contributed by atoms with van der Waals surface area (Å²) in [6.45, 7) is 2.16. The van der Waals surface area contributed by atoms with Crippen LogP contribution < -0.4 is 5.32 Å². The molecule has 22 heavy (non-hydrogen) atoms. The molecular weight excluding hydrogens is 298 g/mol. The molecule has 1 amide bonds. The molecule has 4 nitrogen and oxygen atoms in total. The van der Waals surface area contributed by atoms with Gasteiger partial charge in [0.15, 0.2) is 0 Å². The average Bonchev–Trinajstić information content (AvgIpc) is 2.48. The van der Waals surface area contributed by atoms with Gasteiger partial charge in [0.1, 0.15) is 0 Å². The smallest absolute Gasteiger partial charge is 0.335 e. The predicted molar refractivity (Wildman–Crippen MR) is 89.4 cm³/mol. The number of rotatable bonds is 6. The van der Waals surface area contributed by atoms with E-state index in [1.54, 1.807) is 24.3 Å². The van der Waals surface area contributed by atoms with Gasteiger partial charge in [0.25, 0.3) is 0 Å². The van der Waals surface area contributed by atoms with Gasteiger partial charge in [0.2, 0.25) is 5.91 Å². The number of carboxylic acid groups (broad SMARTS) is 1. The number of hydrogen-bond acceptors (Lipinski definition) is 3. The summed E-state index contributed by atoms with van der Waals surface area (Å²) < 4.78 is 0. The Bertz CT molecular complexity index is 530. The summed E-state index contributed by atoms with van der Waals surface area (Å²) in [6.07, 6.45) is 4.55. The number of benzene rings is 1. The standard InChI is InChI=1S/C17H23NO3S/c1-2-22-14-8-5-7-13(11-14)18-16(19)10-12-6-3-4-9-15(12)17(20)21/h3-4,6,9,13-14H,2,5,7-8,10-11H2,1H3,(H,18,19)(H,20,21). The Kier molecular flexibility index (Phi) is 6.31. The summed E-state index contributed by atoms with van der Waals surface area (Å²) >= 11 is 1.96. The maximum atomic E-state index is 12.2. The van der Waals surface area contributed by atoms with E-state index in [0.29, 0.717) is 10.8 Å². The third-order valence-electron chi connectivity index (χ3n) is 3.99. The molecule has 0 aliphatic heterocycles. The zero-order chi connectivity index (χ0) is 15.9. The monoisotopic (exact) mass is 321 g/mol. The zero-order valence-corrected chi connectivity index (χ0v) is 13.7. The van der Waals surface area contributed by atoms with Crippen LogP contribution in [0.3, 0.4) is 0 Å². The fourth-order valence-electron chi connectivity index (χ4n) is 3.00. The van der Waals surface area contributed by atoms with E-state index in [1.165, 1.54) is 6.42 Å². The Morgan fingerprint density at radius 1 is 1.32 bits per heavy atom. The molecule has 1 saturated carbocycles. The van der Waals surface area contributed by atoms with Crippen molar-refractivity contribution in [3.8, 4) is 0 Å². The molecular formula is C17H23NO3S. The van der Waals surface area contributed by atoms with Crippen LogP contribution >= 0.6 is 11.8 Å². The summed E-state index contributed by atoms with van der Waals surface area (Å²) in [4.78, 5) is 23.4. The molecule has 2 atom stereocenters. The van der Waals surface area contributed by atoms with Crippen LogP contribution in [0.15, 0.2) is 24.3 Å². The van der Waals surface area contributed by atoms with Crippen molar-refractivity contribution in [2.75, 3.05) is 5.75 Å². The Balaban J connectivity index is 1.92. The summed E-state index contributed by atoms with van der Waals surface area (Å²) in [7, 11) is 0. The molecule has 0 spiro atoms. The van der Waals surface area contributed by atoms with Crippen molar-refractivity contribution in [3.63, 3.8) is 0 Å². The molecule has 2 unspecified atom stereocenters. The van der Waals surface area contributed by atoms with Gasteiger partial charge in [0.05, 0.1) is 12.0 Å². The third-order valence-corrected chi connectivity index (χ3v) is 5.23. The molecule has 0 saturated heterocycles. The molecule has 2 rings (SSSR count). The van der Waals surface area contributed by atoms with Crippen LogP contribution in [0.5, 0.6) is 0 Å². The minimum Gasteiger partial charge on any atom is -0.478 e. The van der Waals surface area contributed by atoms with Crippen LogP contribution in [0, 0.1) is 0 Å². The Labute approximate surface area is 135 Å². The molecule has 1 aliphatic carbocycles. The number of amides is 1. The topological polar surface area (TPSA) is 66.4 Å². The Hall–Kier alpha value is -1.49. The van der Waals surface area contributed by atoms with Gasteiger partial charge in [-0.05, 0) is 36.6 Å². The highest BCUT2D eigenvalue weighted by atomic mass is 32.2. The first-order chi connectivity index (χ1) is 10.6. The molecule has 0 aromatic heterocycles. The zero-order valence-electron chi connectivity index (χ0n) is 12.9. The van der Waals surface area contributed by atoms with Gasteiger partial charge < -0.3 is 10.4 Å². The fraction of sp³-hybridized carbons (Fsp3) is 0.529. The maximum absolute atomic E-state index is 12.2. The second-order valence-electron chi connectivity index (χ2n) is 5.65. The van der Waals surface area contributed by atoms with Crippen molar-refractivity contribution in [2.24, 2.45) is 0 Å². The predicted octanol–water partition coefficient (Wildman–Crippen LogP) is 3.11. The van der Waals surface area contributed by atoms with Gasteiger partial charge in [-0.3, -0.25) is 4.79 Å². The van der Waals surface area contributed by atoms with Crippen LogP contribution in [0.1, 0.15) is 48.5 Å². The summed E-state index contributed by atoms with van der Waals surface area (Å²) in [5.74, 6) is 0.0402. The normalized spacial score (nSPS) is 21.3. The second-order valence-corrected chi connectivity index (χ2v) is 7.22. The van der Waals surface area contributed by atoms with E-state index in [-0.39, 0.29) is 23.9 Å². The van der Waals surface area contributed by atoms with Crippen LogP contribution in [-0.4, -0.2) is 34.0 Å². The number of nitrogens with one attached hydrogen (secondary N) is 1. The summed E-state index contributed by atoms with van der Waals surface area (Å²) in [6, 6.07) is 6.92. The highest BCUT2D eigenvalue weighted by Gasteiger charge is 2.23. The van der Waals surface area contributed by atoms with Crippen molar-refractivity contribution in [1.82, 2.24) is 5.32 Å². The van der Waals surface area contributed by atoms with Gasteiger partial charge in [-0.25, -0.2) is 4.79 Å². The summed E-state index contributed by atoms with van der Waals surface area (Å²) in [5.41, 5.74) is 0.781. The van der Waals surface area contributed by atoms with E-state index < -0.39 is 5.97 Å². The number of thioether (sulfide) groups is 1. The van der Waals surface area contributed by atoms with Crippen LogP contribution in [0.25, 0.3) is 0 Å². The maximum Gasteiger partial charge on any atom is 0.335 e. The van der Waals surface area contributed by atoms with E-state index in [9.17, 15) is 9.59 Å². The molecule has 2 N–H and O–H groups in total. The van der Waals surface area contributed by atoms with Gasteiger partial charge in [-0.2, -0.15) is 11.8 Å². The second kappa shape index (κ2) is 8.22. The lowest BCUT2D eigenvalue weighted by molar-refractivity contribution is -0.121. The molecule has 5 heteroatoms. The van der Waals surface area contributed by atoms with E-state index in [0.717, 1.165) is 25.0 Å². The lowest BCUT2D eigenvalue weighted by Crippen LogP contribution is -2.40. The van der Waals surface area contributed by atoms with E-state index in [1.807, 2.05) is 11.8 Å². The van der Waals surface area contributed by atoms with Crippen molar-refractivity contribution in [2.45, 2.75) is 50.3 Å². The van der Waals surface area contributed by atoms with Gasteiger partial charge in [0, 0.05) is 11.3 Å². The first-order valence-corrected chi connectivity index (χ1v) is 8.87. The molecule has 1 aromatic rings. The highest BCUT2D eigenvalue weighted by molar-refractivity contribution is 7.99. The molecule has 0 radical (unpaired) electrons. The molecule has 0 heterocycles. The van der Waals surface area contributed by atoms with Crippen LogP contribution in [0.2, 0.25) is 0 Å². The fourth-order valence-corrected chi connectivity index (χ4v) is 4.17. The SMILES string of the molecule is CCSC1CCCC(NC(=O)Cc2ccccc2C(=O)O)C1. The van der Waals surface area contributed by atoms with Gasteiger partial charge in [-0.15, -0.1) is 0 Å². The lowest BCUT2D eigenvalue weighted by Gasteiger charge is -2.29. The van der Waals surface area contributed by atoms with E-state index in [2.05, 4.69) is 12.2 Å². The minimum absolute atomic E-state index is 0.0825. The quantitative estimate of drug-likeness (QED) is 0.845. The minimum atomic E-state index is -0.986. The number of aromatic carboxylic acids is 1. The third kappa shape index (κ3) is 4.77. The average molecular weight is 321 g/mol. The van der Waals surface area contributed by atoms with E-state index >= 15 is 0 Å². The number of carbonyl (C=O) groups excluding carboxylic acids is 1. The lowest BCUT2D eigenvalue weighted by atomic mass is 9.94. The van der Waals surface area contributed by atoms with Crippen LogP contribution in [0.4, 0.5) is 0 Å². The van der Waals surface area contributed by atoms with Gasteiger partial charge >= 0.3 is 5.97 Å². The molecule has 120 valence electrons. The Morgan fingerprint density at radius 3 is 2.82 bits per heavy atom. The molecule has 0 bridgehead atoms. The van der Waals surface area contributed by atoms with Gasteiger partial charge in [-0.1, -0.05) is 31.5 Å². The molecule has 1 aliphatic rings. The van der Waals surface area contributed by atoms with Crippen LogP contribution in [-0.2, 0) is 11.2 Å². The highest BCUT2D eigenvalue weighted by Crippen LogP contribution is 2.28. The van der Waals surface area contributed by atoms with Crippen molar-refractivity contribution < 1.29 is 14.7 Å². The largest absolute Gasteiger partial charge is 0.478 e. The summed E-state index contributed by atoms with van der Waals surface area (Å²) in [5, 5.41) is 12.9. The molecule has 1 aromatic carbocycles. The van der Waals surface area contributed by atoms with Crippen molar-refractivity contribution in [3.05, 3.63) is 35.4 Å².